The summed E-state index contributed by atoms with van der Waals surface area (Å²) in [5.74, 6) is -0.161. The number of ether oxygens (including phenoxy) is 1. The molecule has 1 aromatic carbocycles. The molecule has 5 nitrogen and oxygen atoms in total. The fraction of sp³-hybridized carbons (Fsp3) is 0.667. The van der Waals surface area contributed by atoms with Gasteiger partial charge in [-0.15, -0.1) is 13.2 Å². The molecule has 9 heteroatoms. The first-order valence-corrected chi connectivity index (χ1v) is 10.8. The van der Waals surface area contributed by atoms with Crippen LogP contribution in [0.1, 0.15) is 38.5 Å². The average molecular weight is 406 g/mol. The van der Waals surface area contributed by atoms with Gasteiger partial charge >= 0.3 is 6.36 Å². The molecule has 152 valence electrons. The van der Waals surface area contributed by atoms with Gasteiger partial charge < -0.3 is 9.64 Å². The van der Waals surface area contributed by atoms with Gasteiger partial charge in [0.25, 0.3) is 0 Å². The number of benzene rings is 1. The third-order valence-electron chi connectivity index (χ3n) is 5.42. The van der Waals surface area contributed by atoms with E-state index in [1.54, 1.807) is 0 Å². The third kappa shape index (κ3) is 5.83. The number of hydrogen-bond donors (Lipinski definition) is 1. The third-order valence-corrected chi connectivity index (χ3v) is 6.86. The van der Waals surface area contributed by atoms with Crippen LogP contribution in [0, 0.1) is 5.92 Å². The quantitative estimate of drug-likeness (QED) is 0.785. The van der Waals surface area contributed by atoms with Crippen molar-refractivity contribution in [1.82, 2.24) is 9.62 Å². The van der Waals surface area contributed by atoms with Crippen LogP contribution in [-0.4, -0.2) is 45.4 Å². The molecule has 0 unspecified atom stereocenters. The maximum absolute atomic E-state index is 12.4. The SMILES string of the molecule is O=S(=O)(NCC1CCN(C2CCCC2)CC1)c1ccc(OC(F)(F)F)cc1. The first kappa shape index (κ1) is 20.4. The van der Waals surface area contributed by atoms with Crippen molar-refractivity contribution in [3.05, 3.63) is 24.3 Å². The predicted octanol–water partition coefficient (Wildman–Crippen LogP) is 3.52. The summed E-state index contributed by atoms with van der Waals surface area (Å²) in [6.07, 6.45) is 2.26. The minimum atomic E-state index is -4.80. The van der Waals surface area contributed by atoms with Gasteiger partial charge in [0.15, 0.2) is 0 Å². The van der Waals surface area contributed by atoms with Gasteiger partial charge in [-0.3, -0.25) is 0 Å². The van der Waals surface area contributed by atoms with Crippen LogP contribution in [-0.2, 0) is 10.0 Å². The second-order valence-corrected chi connectivity index (χ2v) is 9.06. The van der Waals surface area contributed by atoms with Crippen LogP contribution in [0.5, 0.6) is 5.75 Å². The van der Waals surface area contributed by atoms with E-state index in [0.717, 1.165) is 50.2 Å². The smallest absolute Gasteiger partial charge is 0.406 e. The van der Waals surface area contributed by atoms with Crippen molar-refractivity contribution < 1.29 is 26.3 Å². The highest BCUT2D eigenvalue weighted by molar-refractivity contribution is 7.89. The zero-order valence-corrected chi connectivity index (χ0v) is 15.9. The van der Waals surface area contributed by atoms with Crippen LogP contribution in [0.4, 0.5) is 13.2 Å². The van der Waals surface area contributed by atoms with E-state index in [1.165, 1.54) is 25.7 Å². The van der Waals surface area contributed by atoms with E-state index >= 15 is 0 Å². The highest BCUT2D eigenvalue weighted by atomic mass is 32.2. The molecule has 0 aromatic heterocycles. The summed E-state index contributed by atoms with van der Waals surface area (Å²) < 4.78 is 67.6. The van der Waals surface area contributed by atoms with E-state index in [1.807, 2.05) is 0 Å². The van der Waals surface area contributed by atoms with Gasteiger partial charge in [-0.1, -0.05) is 12.8 Å². The minimum absolute atomic E-state index is 0.0691. The summed E-state index contributed by atoms with van der Waals surface area (Å²) in [7, 11) is -3.75. The predicted molar refractivity (Wildman–Crippen MR) is 94.9 cm³/mol. The molecule has 1 aliphatic heterocycles. The Morgan fingerprint density at radius 2 is 1.63 bits per heavy atom. The molecular formula is C18H25F3N2O3S. The largest absolute Gasteiger partial charge is 0.573 e. The summed E-state index contributed by atoms with van der Waals surface area (Å²) in [5.41, 5.74) is 0. The number of sulfonamides is 1. The fourth-order valence-electron chi connectivity index (χ4n) is 3.92. The zero-order chi connectivity index (χ0) is 19.5. The van der Waals surface area contributed by atoms with Crippen molar-refractivity contribution in [2.24, 2.45) is 5.92 Å². The standard InChI is InChI=1S/C18H25F3N2O3S/c19-18(20,21)26-16-5-7-17(8-6-16)27(24,25)22-13-14-9-11-23(12-10-14)15-3-1-2-4-15/h5-8,14-15,22H,1-4,9-13H2. The van der Waals surface area contributed by atoms with Crippen LogP contribution in [0.3, 0.4) is 0 Å². The summed E-state index contributed by atoms with van der Waals surface area (Å²) in [5, 5.41) is 0. The number of nitrogens with zero attached hydrogens (tertiary/aromatic N) is 1. The van der Waals surface area contributed by atoms with Crippen LogP contribution >= 0.6 is 0 Å². The molecule has 0 amide bonds. The lowest BCUT2D eigenvalue weighted by molar-refractivity contribution is -0.274. The molecule has 0 spiro atoms. The summed E-state index contributed by atoms with van der Waals surface area (Å²) >= 11 is 0. The van der Waals surface area contributed by atoms with Crippen molar-refractivity contribution >= 4 is 10.0 Å². The van der Waals surface area contributed by atoms with Gasteiger partial charge in [0, 0.05) is 12.6 Å². The van der Waals surface area contributed by atoms with Gasteiger partial charge in [0.1, 0.15) is 5.75 Å². The number of nitrogens with one attached hydrogen (secondary N) is 1. The molecule has 0 atom stereocenters. The van der Waals surface area contributed by atoms with Crippen molar-refractivity contribution in [2.45, 2.75) is 55.8 Å². The van der Waals surface area contributed by atoms with E-state index in [0.29, 0.717) is 12.6 Å². The van der Waals surface area contributed by atoms with Crippen LogP contribution < -0.4 is 9.46 Å². The minimum Gasteiger partial charge on any atom is -0.406 e. The average Bonchev–Trinajstić information content (AvgIpc) is 3.14. The maximum atomic E-state index is 12.4. The lowest BCUT2D eigenvalue weighted by atomic mass is 9.96. The van der Waals surface area contributed by atoms with E-state index < -0.39 is 22.1 Å². The van der Waals surface area contributed by atoms with Gasteiger partial charge in [0.2, 0.25) is 10.0 Å². The zero-order valence-electron chi connectivity index (χ0n) is 15.0. The second kappa shape index (κ2) is 8.36. The normalized spacial score (nSPS) is 20.9. The molecule has 1 saturated heterocycles. The molecule has 0 radical (unpaired) electrons. The molecule has 2 fully saturated rings. The Bertz CT molecular complexity index is 708. The number of halogens is 3. The molecular weight excluding hydrogens is 381 g/mol. The lowest BCUT2D eigenvalue weighted by Gasteiger charge is -2.36. The molecule has 1 heterocycles. The van der Waals surface area contributed by atoms with E-state index in [2.05, 4.69) is 14.4 Å². The van der Waals surface area contributed by atoms with Gasteiger partial charge in [-0.2, -0.15) is 0 Å². The van der Waals surface area contributed by atoms with E-state index in [9.17, 15) is 21.6 Å². The Hall–Kier alpha value is -1.32. The number of hydrogen-bond acceptors (Lipinski definition) is 4. The Morgan fingerprint density at radius 1 is 1.04 bits per heavy atom. The molecule has 1 aromatic rings. The van der Waals surface area contributed by atoms with E-state index in [-0.39, 0.29) is 10.8 Å². The number of likely N-dealkylation sites (tertiary alicyclic amines) is 1. The van der Waals surface area contributed by atoms with Crippen molar-refractivity contribution in [2.75, 3.05) is 19.6 Å². The molecule has 2 aliphatic rings. The lowest BCUT2D eigenvalue weighted by Crippen LogP contribution is -2.42. The molecule has 3 rings (SSSR count). The first-order chi connectivity index (χ1) is 12.7. The highest BCUT2D eigenvalue weighted by Crippen LogP contribution is 2.28. The molecule has 1 saturated carbocycles. The van der Waals surface area contributed by atoms with Gasteiger partial charge in [-0.05, 0) is 69.0 Å². The summed E-state index contributed by atoms with van der Waals surface area (Å²) in [6.45, 7) is 2.35. The Kier molecular flexibility index (Phi) is 6.32. The molecule has 1 aliphatic carbocycles. The highest BCUT2D eigenvalue weighted by Gasteiger charge is 2.31. The number of piperidine rings is 1. The first-order valence-electron chi connectivity index (χ1n) is 9.32. The van der Waals surface area contributed by atoms with Gasteiger partial charge in [-0.25, -0.2) is 13.1 Å². The van der Waals surface area contributed by atoms with Crippen molar-refractivity contribution in [3.8, 4) is 5.75 Å². The molecule has 1 N–H and O–H groups in total. The van der Waals surface area contributed by atoms with Crippen molar-refractivity contribution in [1.29, 1.82) is 0 Å². The topological polar surface area (TPSA) is 58.6 Å². The van der Waals surface area contributed by atoms with E-state index in [4.69, 9.17) is 0 Å². The second-order valence-electron chi connectivity index (χ2n) is 7.29. The van der Waals surface area contributed by atoms with Crippen LogP contribution in [0.2, 0.25) is 0 Å². The molecule has 27 heavy (non-hydrogen) atoms. The van der Waals surface area contributed by atoms with Gasteiger partial charge in [0.05, 0.1) is 4.90 Å². The van der Waals surface area contributed by atoms with Crippen LogP contribution in [0.25, 0.3) is 0 Å². The van der Waals surface area contributed by atoms with Crippen LogP contribution in [0.15, 0.2) is 29.2 Å². The number of alkyl halides is 3. The van der Waals surface area contributed by atoms with Crippen molar-refractivity contribution in [3.63, 3.8) is 0 Å². The Labute approximate surface area is 157 Å². The fourth-order valence-corrected chi connectivity index (χ4v) is 5.04. The monoisotopic (exact) mass is 406 g/mol. The Morgan fingerprint density at radius 3 is 2.19 bits per heavy atom. The summed E-state index contributed by atoms with van der Waals surface area (Å²) in [6, 6.07) is 4.93. The number of rotatable bonds is 6. The Balaban J connectivity index is 1.48. The molecule has 0 bridgehead atoms. The maximum Gasteiger partial charge on any atom is 0.573 e. The summed E-state index contributed by atoms with van der Waals surface area (Å²) in [4.78, 5) is 2.46.